The Morgan fingerprint density at radius 2 is 2.06 bits per heavy atom. The molecule has 2 rings (SSSR count). The van der Waals surface area contributed by atoms with Crippen LogP contribution in [0.4, 0.5) is 0 Å². The predicted molar refractivity (Wildman–Crippen MR) is 64.8 cm³/mol. The molecule has 3 heteroatoms. The van der Waals surface area contributed by atoms with Crippen molar-refractivity contribution < 1.29 is 15.0 Å². The molecular weight excluding hydrogens is 216 g/mol. The normalized spacial score (nSPS) is 22.6. The molecule has 1 aromatic carbocycles. The Labute approximate surface area is 101 Å². The molecule has 0 spiro atoms. The van der Waals surface area contributed by atoms with Crippen LogP contribution in [0.2, 0.25) is 0 Å². The number of carbonyl (C=O) groups is 1. The van der Waals surface area contributed by atoms with Crippen molar-refractivity contribution in [2.45, 2.75) is 38.2 Å². The van der Waals surface area contributed by atoms with E-state index in [-0.39, 0.29) is 12.3 Å². The molecule has 92 valence electrons. The molecular formula is C14H18O3. The number of carboxylic acids is 1. The van der Waals surface area contributed by atoms with Crippen LogP contribution >= 0.6 is 0 Å². The smallest absolute Gasteiger partial charge is 0.335 e. The minimum atomic E-state index is -1.58. The summed E-state index contributed by atoms with van der Waals surface area (Å²) in [6, 6.07) is 8.08. The van der Waals surface area contributed by atoms with Crippen molar-refractivity contribution in [3.63, 3.8) is 0 Å². The van der Waals surface area contributed by atoms with E-state index in [9.17, 15) is 15.0 Å². The fraction of sp³-hybridized carbons (Fsp3) is 0.500. The summed E-state index contributed by atoms with van der Waals surface area (Å²) in [5.41, 5.74) is 0.887. The van der Waals surface area contributed by atoms with Crippen molar-refractivity contribution in [3.8, 4) is 0 Å². The standard InChI is InChI=1S/C14H18O3/c1-2-14(17,13(15)16)12-8-7-10-5-3-4-6-11(10)9-12/h3-6,12,17H,2,7-9H2,1H3,(H,15,16). The number of aliphatic hydroxyl groups is 1. The summed E-state index contributed by atoms with van der Waals surface area (Å²) in [5.74, 6) is -1.27. The van der Waals surface area contributed by atoms with Crippen LogP contribution in [-0.2, 0) is 17.6 Å². The molecule has 0 heterocycles. The Morgan fingerprint density at radius 1 is 1.41 bits per heavy atom. The molecule has 0 radical (unpaired) electrons. The number of aryl methyl sites for hydroxylation is 1. The van der Waals surface area contributed by atoms with Gasteiger partial charge in [-0.3, -0.25) is 0 Å². The second kappa shape index (κ2) is 4.49. The monoisotopic (exact) mass is 234 g/mol. The van der Waals surface area contributed by atoms with Gasteiger partial charge in [0.25, 0.3) is 0 Å². The molecule has 1 aromatic rings. The summed E-state index contributed by atoms with van der Waals surface area (Å²) in [7, 11) is 0. The molecule has 0 bridgehead atoms. The lowest BCUT2D eigenvalue weighted by Gasteiger charge is -2.35. The van der Waals surface area contributed by atoms with E-state index < -0.39 is 11.6 Å². The Balaban J connectivity index is 2.25. The van der Waals surface area contributed by atoms with Gasteiger partial charge in [-0.2, -0.15) is 0 Å². The van der Waals surface area contributed by atoms with E-state index in [1.54, 1.807) is 6.92 Å². The first-order chi connectivity index (χ1) is 8.08. The quantitative estimate of drug-likeness (QED) is 0.841. The molecule has 0 amide bonds. The van der Waals surface area contributed by atoms with Crippen LogP contribution in [0.5, 0.6) is 0 Å². The molecule has 2 atom stereocenters. The van der Waals surface area contributed by atoms with E-state index in [0.29, 0.717) is 6.42 Å². The van der Waals surface area contributed by atoms with Crippen molar-refractivity contribution >= 4 is 5.97 Å². The Kier molecular flexibility index (Phi) is 3.20. The van der Waals surface area contributed by atoms with Crippen molar-refractivity contribution in [2.75, 3.05) is 0 Å². The maximum atomic E-state index is 11.2. The Morgan fingerprint density at radius 3 is 2.65 bits per heavy atom. The Hall–Kier alpha value is -1.35. The lowest BCUT2D eigenvalue weighted by molar-refractivity contribution is -0.166. The average molecular weight is 234 g/mol. The summed E-state index contributed by atoms with van der Waals surface area (Å²) in [5, 5.41) is 19.4. The van der Waals surface area contributed by atoms with Gasteiger partial charge in [-0.05, 0) is 36.8 Å². The second-order valence-electron chi connectivity index (χ2n) is 4.79. The fourth-order valence-corrected chi connectivity index (χ4v) is 2.72. The third kappa shape index (κ3) is 2.07. The second-order valence-corrected chi connectivity index (χ2v) is 4.79. The molecule has 17 heavy (non-hydrogen) atoms. The molecule has 0 aliphatic heterocycles. The molecule has 1 aliphatic rings. The summed E-state index contributed by atoms with van der Waals surface area (Å²) < 4.78 is 0. The van der Waals surface area contributed by atoms with Crippen LogP contribution < -0.4 is 0 Å². The number of aliphatic carboxylic acids is 1. The summed E-state index contributed by atoms with van der Waals surface area (Å²) in [6.07, 6.45) is 2.52. The van der Waals surface area contributed by atoms with E-state index in [4.69, 9.17) is 0 Å². The van der Waals surface area contributed by atoms with Gasteiger partial charge in [-0.25, -0.2) is 4.79 Å². The number of fused-ring (bicyclic) bond motifs is 1. The molecule has 1 aliphatic carbocycles. The highest BCUT2D eigenvalue weighted by atomic mass is 16.4. The van der Waals surface area contributed by atoms with E-state index in [1.807, 2.05) is 18.2 Å². The third-order valence-electron chi connectivity index (χ3n) is 3.93. The molecule has 0 aromatic heterocycles. The Bertz CT molecular complexity index is 427. The first kappa shape index (κ1) is 12.1. The van der Waals surface area contributed by atoms with Gasteiger partial charge in [0.1, 0.15) is 0 Å². The van der Waals surface area contributed by atoms with Crippen LogP contribution in [-0.4, -0.2) is 21.8 Å². The van der Waals surface area contributed by atoms with E-state index >= 15 is 0 Å². The summed E-state index contributed by atoms with van der Waals surface area (Å²) in [4.78, 5) is 11.2. The summed E-state index contributed by atoms with van der Waals surface area (Å²) in [6.45, 7) is 1.73. The average Bonchev–Trinajstić information content (AvgIpc) is 2.37. The van der Waals surface area contributed by atoms with Crippen LogP contribution in [0.1, 0.15) is 30.9 Å². The SMILES string of the molecule is CCC(O)(C(=O)O)C1CCc2ccccc2C1. The molecule has 0 saturated heterocycles. The van der Waals surface area contributed by atoms with Gasteiger partial charge in [0.05, 0.1) is 0 Å². The minimum absolute atomic E-state index is 0.181. The number of carboxylic acid groups (broad SMARTS) is 1. The minimum Gasteiger partial charge on any atom is -0.479 e. The van der Waals surface area contributed by atoms with Gasteiger partial charge in [-0.15, -0.1) is 0 Å². The molecule has 0 fully saturated rings. The van der Waals surface area contributed by atoms with Crippen LogP contribution in [0.25, 0.3) is 0 Å². The molecule has 2 N–H and O–H groups in total. The van der Waals surface area contributed by atoms with Gasteiger partial charge in [0, 0.05) is 5.92 Å². The first-order valence-electron chi connectivity index (χ1n) is 6.10. The molecule has 2 unspecified atom stereocenters. The molecule has 3 nitrogen and oxygen atoms in total. The van der Waals surface area contributed by atoms with Gasteiger partial charge >= 0.3 is 5.97 Å². The molecule has 0 saturated carbocycles. The highest BCUT2D eigenvalue weighted by Gasteiger charge is 2.43. The van der Waals surface area contributed by atoms with Crippen molar-refractivity contribution in [1.29, 1.82) is 0 Å². The largest absolute Gasteiger partial charge is 0.479 e. The van der Waals surface area contributed by atoms with Crippen LogP contribution in [0, 0.1) is 5.92 Å². The van der Waals surface area contributed by atoms with Crippen LogP contribution in [0.3, 0.4) is 0 Å². The van der Waals surface area contributed by atoms with E-state index in [2.05, 4.69) is 6.07 Å². The highest BCUT2D eigenvalue weighted by molar-refractivity contribution is 5.77. The zero-order chi connectivity index (χ0) is 12.5. The maximum absolute atomic E-state index is 11.2. The van der Waals surface area contributed by atoms with E-state index in [0.717, 1.165) is 12.8 Å². The third-order valence-corrected chi connectivity index (χ3v) is 3.93. The summed E-state index contributed by atoms with van der Waals surface area (Å²) >= 11 is 0. The van der Waals surface area contributed by atoms with Crippen LogP contribution in [0.15, 0.2) is 24.3 Å². The van der Waals surface area contributed by atoms with E-state index in [1.165, 1.54) is 11.1 Å². The first-order valence-corrected chi connectivity index (χ1v) is 6.10. The van der Waals surface area contributed by atoms with Crippen molar-refractivity contribution in [3.05, 3.63) is 35.4 Å². The number of rotatable bonds is 3. The van der Waals surface area contributed by atoms with Gasteiger partial charge < -0.3 is 10.2 Å². The zero-order valence-corrected chi connectivity index (χ0v) is 10.0. The predicted octanol–water partition coefficient (Wildman–Crippen LogP) is 2.02. The fourth-order valence-electron chi connectivity index (χ4n) is 2.72. The number of benzene rings is 1. The van der Waals surface area contributed by atoms with Crippen molar-refractivity contribution in [1.82, 2.24) is 0 Å². The van der Waals surface area contributed by atoms with Gasteiger partial charge in [-0.1, -0.05) is 31.2 Å². The highest BCUT2D eigenvalue weighted by Crippen LogP contribution is 2.34. The lowest BCUT2D eigenvalue weighted by atomic mass is 9.73. The number of hydrogen-bond acceptors (Lipinski definition) is 2. The zero-order valence-electron chi connectivity index (χ0n) is 10.0. The lowest BCUT2D eigenvalue weighted by Crippen LogP contribution is -2.47. The van der Waals surface area contributed by atoms with Crippen molar-refractivity contribution in [2.24, 2.45) is 5.92 Å². The number of hydrogen-bond donors (Lipinski definition) is 2. The maximum Gasteiger partial charge on any atom is 0.335 e. The van der Waals surface area contributed by atoms with Gasteiger partial charge in [0.15, 0.2) is 5.60 Å². The van der Waals surface area contributed by atoms with Gasteiger partial charge in [0.2, 0.25) is 0 Å². The topological polar surface area (TPSA) is 57.5 Å².